The molecule has 2 aromatic rings. The van der Waals surface area contributed by atoms with Gasteiger partial charge in [-0.25, -0.2) is 4.98 Å². The fourth-order valence-corrected chi connectivity index (χ4v) is 2.53. The van der Waals surface area contributed by atoms with Crippen LogP contribution in [0.3, 0.4) is 0 Å². The van der Waals surface area contributed by atoms with Crippen molar-refractivity contribution in [1.82, 2.24) is 9.97 Å². The molecule has 3 atom stereocenters. The van der Waals surface area contributed by atoms with E-state index in [1.165, 1.54) is 6.33 Å². The second kappa shape index (κ2) is 16.7. The Morgan fingerprint density at radius 1 is 0.938 bits per heavy atom. The first kappa shape index (κ1) is 29.1. The van der Waals surface area contributed by atoms with Gasteiger partial charge in [-0.2, -0.15) is 11.8 Å². The van der Waals surface area contributed by atoms with Gasteiger partial charge in [0.2, 0.25) is 0 Å². The predicted molar refractivity (Wildman–Crippen MR) is 122 cm³/mol. The SMILES string of the molecule is CSCCC(N)C(=O)O.NC(Cc1c[nH]cn1)C(=O)O.NC(Cc1ccccc1)C(=O)O. The zero-order valence-electron chi connectivity index (χ0n) is 17.8. The molecule has 11 nitrogen and oxygen atoms in total. The molecule has 32 heavy (non-hydrogen) atoms. The fourth-order valence-electron chi connectivity index (χ4n) is 2.04. The summed E-state index contributed by atoms with van der Waals surface area (Å²) in [5.41, 5.74) is 17.4. The molecule has 178 valence electrons. The van der Waals surface area contributed by atoms with Crippen molar-refractivity contribution in [2.24, 2.45) is 17.2 Å². The van der Waals surface area contributed by atoms with Crippen molar-refractivity contribution in [1.29, 1.82) is 0 Å². The highest BCUT2D eigenvalue weighted by atomic mass is 32.2. The lowest BCUT2D eigenvalue weighted by Crippen LogP contribution is -2.32. The van der Waals surface area contributed by atoms with Crippen molar-refractivity contribution >= 4 is 29.7 Å². The summed E-state index contributed by atoms with van der Waals surface area (Å²) in [6.45, 7) is 0. The largest absolute Gasteiger partial charge is 0.480 e. The number of H-pyrrole nitrogens is 1. The van der Waals surface area contributed by atoms with Crippen molar-refractivity contribution in [3.05, 3.63) is 54.1 Å². The van der Waals surface area contributed by atoms with Gasteiger partial charge in [-0.15, -0.1) is 0 Å². The van der Waals surface area contributed by atoms with E-state index in [0.717, 1.165) is 11.3 Å². The number of nitrogens with one attached hydrogen (secondary N) is 1. The van der Waals surface area contributed by atoms with E-state index < -0.39 is 36.0 Å². The van der Waals surface area contributed by atoms with Crippen LogP contribution in [0.5, 0.6) is 0 Å². The highest BCUT2D eigenvalue weighted by molar-refractivity contribution is 7.98. The topological polar surface area (TPSA) is 219 Å². The maximum Gasteiger partial charge on any atom is 0.320 e. The zero-order chi connectivity index (χ0) is 24.5. The zero-order valence-corrected chi connectivity index (χ0v) is 18.6. The summed E-state index contributed by atoms with van der Waals surface area (Å²) in [6, 6.07) is 7.00. The van der Waals surface area contributed by atoms with E-state index in [-0.39, 0.29) is 6.42 Å². The quantitative estimate of drug-likeness (QED) is 0.248. The third-order valence-electron chi connectivity index (χ3n) is 3.87. The van der Waals surface area contributed by atoms with Gasteiger partial charge in [-0.1, -0.05) is 30.3 Å². The molecule has 0 radical (unpaired) electrons. The Balaban J connectivity index is 0.000000456. The van der Waals surface area contributed by atoms with Crippen LogP contribution in [0, 0.1) is 0 Å². The molecule has 0 fully saturated rings. The molecule has 2 rings (SSSR count). The lowest BCUT2D eigenvalue weighted by Gasteiger charge is -2.04. The van der Waals surface area contributed by atoms with Crippen molar-refractivity contribution in [3.8, 4) is 0 Å². The second-order valence-corrected chi connectivity index (χ2v) is 7.56. The molecule has 0 aliphatic rings. The molecule has 1 heterocycles. The number of nitrogens with two attached hydrogens (primary N) is 3. The number of benzene rings is 1. The summed E-state index contributed by atoms with van der Waals surface area (Å²) >= 11 is 1.60. The summed E-state index contributed by atoms with van der Waals surface area (Å²) in [7, 11) is 0. The molecule has 0 spiro atoms. The number of carboxylic acids is 3. The minimum atomic E-state index is -1.01. The lowest BCUT2D eigenvalue weighted by atomic mass is 10.1. The number of hydrogen-bond acceptors (Lipinski definition) is 8. The number of carbonyl (C=O) groups is 3. The number of aromatic nitrogens is 2. The number of rotatable bonds is 10. The van der Waals surface area contributed by atoms with Gasteiger partial charge in [-0.05, 0) is 30.4 Å². The molecule has 3 unspecified atom stereocenters. The van der Waals surface area contributed by atoms with Crippen molar-refractivity contribution in [2.45, 2.75) is 37.4 Å². The maximum atomic E-state index is 10.4. The van der Waals surface area contributed by atoms with Crippen molar-refractivity contribution in [2.75, 3.05) is 12.0 Å². The van der Waals surface area contributed by atoms with Crippen LogP contribution in [-0.2, 0) is 27.2 Å². The van der Waals surface area contributed by atoms with Gasteiger partial charge in [0.25, 0.3) is 0 Å². The Bertz CT molecular complexity index is 791. The lowest BCUT2D eigenvalue weighted by molar-refractivity contribution is -0.139. The summed E-state index contributed by atoms with van der Waals surface area (Å²) in [5.74, 6) is -2.07. The van der Waals surface area contributed by atoms with Gasteiger partial charge in [-0.3, -0.25) is 14.4 Å². The normalized spacial score (nSPS) is 12.8. The number of aromatic amines is 1. The number of aliphatic carboxylic acids is 3. The van der Waals surface area contributed by atoms with Gasteiger partial charge in [0.1, 0.15) is 18.1 Å². The molecule has 0 aliphatic heterocycles. The monoisotopic (exact) mass is 469 g/mol. The number of imidazole rings is 1. The van der Waals surface area contributed by atoms with E-state index >= 15 is 0 Å². The molecule has 12 heteroatoms. The average Bonchev–Trinajstić information content (AvgIpc) is 3.26. The molecular weight excluding hydrogens is 438 g/mol. The van der Waals surface area contributed by atoms with Crippen LogP contribution in [-0.4, -0.2) is 73.3 Å². The van der Waals surface area contributed by atoms with Crippen LogP contribution < -0.4 is 17.2 Å². The number of carboxylic acid groups (broad SMARTS) is 3. The van der Waals surface area contributed by atoms with E-state index in [4.69, 9.17) is 32.5 Å². The Kier molecular flexibility index (Phi) is 15.2. The fraction of sp³-hybridized carbons (Fsp3) is 0.400. The third-order valence-corrected chi connectivity index (χ3v) is 4.51. The van der Waals surface area contributed by atoms with E-state index in [1.807, 2.05) is 36.6 Å². The Morgan fingerprint density at radius 3 is 1.91 bits per heavy atom. The molecule has 0 amide bonds. The van der Waals surface area contributed by atoms with E-state index in [0.29, 0.717) is 18.5 Å². The molecule has 0 saturated heterocycles. The highest BCUT2D eigenvalue weighted by Gasteiger charge is 2.12. The summed E-state index contributed by atoms with van der Waals surface area (Å²) < 4.78 is 0. The first-order valence-electron chi connectivity index (χ1n) is 9.54. The smallest absolute Gasteiger partial charge is 0.320 e. The predicted octanol–water partition coefficient (Wildman–Crippen LogP) is 0.157. The van der Waals surface area contributed by atoms with Gasteiger partial charge in [0, 0.05) is 12.6 Å². The summed E-state index contributed by atoms with van der Waals surface area (Å²) in [4.78, 5) is 37.3. The van der Waals surface area contributed by atoms with Crippen LogP contribution in [0.2, 0.25) is 0 Å². The van der Waals surface area contributed by atoms with E-state index in [9.17, 15) is 14.4 Å². The molecule has 1 aromatic carbocycles. The maximum absolute atomic E-state index is 10.4. The second-order valence-electron chi connectivity index (χ2n) is 6.57. The highest BCUT2D eigenvalue weighted by Crippen LogP contribution is 2.01. The van der Waals surface area contributed by atoms with E-state index in [1.54, 1.807) is 18.0 Å². The van der Waals surface area contributed by atoms with Crippen LogP contribution in [0.4, 0.5) is 0 Å². The standard InChI is InChI=1S/C9H11NO2.C6H9N3O2.C5H11NO2S/c10-8(9(11)12)6-7-4-2-1-3-5-7;7-5(6(10)11)1-4-2-8-3-9-4;1-9-3-2-4(6)5(7)8/h1-5,8H,6,10H2,(H,11,12);2-3,5H,1,7H2,(H,8,9)(H,10,11);4H,2-3,6H2,1H3,(H,7,8). The third kappa shape index (κ3) is 14.1. The minimum Gasteiger partial charge on any atom is -0.480 e. The van der Waals surface area contributed by atoms with Crippen LogP contribution in [0.1, 0.15) is 17.7 Å². The molecule has 10 N–H and O–H groups in total. The average molecular weight is 470 g/mol. The van der Waals surface area contributed by atoms with Crippen molar-refractivity contribution in [3.63, 3.8) is 0 Å². The molecule has 0 bridgehead atoms. The number of thioether (sulfide) groups is 1. The summed E-state index contributed by atoms with van der Waals surface area (Å²) in [5, 5.41) is 25.2. The van der Waals surface area contributed by atoms with Gasteiger partial charge in [0.15, 0.2) is 0 Å². The van der Waals surface area contributed by atoms with Crippen LogP contribution in [0.15, 0.2) is 42.9 Å². The van der Waals surface area contributed by atoms with Crippen LogP contribution in [0.25, 0.3) is 0 Å². The first-order chi connectivity index (χ1) is 15.1. The molecule has 0 aliphatic carbocycles. The Hall–Kier alpha value is -2.93. The number of hydrogen-bond donors (Lipinski definition) is 7. The Morgan fingerprint density at radius 2 is 1.47 bits per heavy atom. The minimum absolute atomic E-state index is 0.263. The molecule has 0 saturated carbocycles. The molecule has 1 aromatic heterocycles. The summed E-state index contributed by atoms with van der Waals surface area (Å²) in [6.07, 6.45) is 6.24. The molecular formula is C20H31N5O6S. The van der Waals surface area contributed by atoms with Gasteiger partial charge >= 0.3 is 17.9 Å². The van der Waals surface area contributed by atoms with Crippen LogP contribution >= 0.6 is 11.8 Å². The van der Waals surface area contributed by atoms with Gasteiger partial charge < -0.3 is 37.5 Å². The van der Waals surface area contributed by atoms with Crippen molar-refractivity contribution < 1.29 is 29.7 Å². The number of nitrogens with zero attached hydrogens (tertiary/aromatic N) is 1. The van der Waals surface area contributed by atoms with E-state index in [2.05, 4.69) is 9.97 Å². The first-order valence-corrected chi connectivity index (χ1v) is 10.9. The Labute approximate surface area is 190 Å². The van der Waals surface area contributed by atoms with Gasteiger partial charge in [0.05, 0.1) is 12.0 Å².